The zero-order valence-electron chi connectivity index (χ0n) is 25.9. The minimum atomic E-state index is -0.941. The number of hydrogen-bond acceptors (Lipinski definition) is 9. The number of esters is 1. The molecule has 0 spiro atoms. The summed E-state index contributed by atoms with van der Waals surface area (Å²) >= 11 is 1.28. The van der Waals surface area contributed by atoms with E-state index in [2.05, 4.69) is 20.9 Å². The highest BCUT2D eigenvalue weighted by Crippen LogP contribution is 2.29. The normalized spacial score (nSPS) is 21.4. The summed E-state index contributed by atoms with van der Waals surface area (Å²) in [6, 6.07) is -0.941. The Balaban J connectivity index is 2.27. The van der Waals surface area contributed by atoms with Crippen LogP contribution in [0, 0.1) is 24.7 Å². The second-order valence-corrected chi connectivity index (χ2v) is 13.0. The Bertz CT molecular complexity index is 1080. The molecule has 1 aliphatic rings. The van der Waals surface area contributed by atoms with Crippen LogP contribution < -0.4 is 16.0 Å². The second-order valence-electron chi connectivity index (χ2n) is 12.2. The number of aryl methyl sites for hydroxylation is 1. The van der Waals surface area contributed by atoms with E-state index in [0.29, 0.717) is 37.4 Å². The number of ether oxygens (including phenoxy) is 2. The third kappa shape index (κ3) is 12.3. The summed E-state index contributed by atoms with van der Waals surface area (Å²) in [5.74, 6) is -3.38. The molecule has 3 atom stereocenters. The number of rotatable bonds is 7. The fourth-order valence-corrected chi connectivity index (χ4v) is 5.30. The number of anilines is 1. The molecular weight excluding hydrogens is 562 g/mol. The minimum absolute atomic E-state index is 0.0738. The highest BCUT2D eigenvalue weighted by molar-refractivity contribution is 7.13. The number of amides is 4. The van der Waals surface area contributed by atoms with Crippen LogP contribution in [0.5, 0.6) is 0 Å². The molecule has 0 bridgehead atoms. The van der Waals surface area contributed by atoms with Gasteiger partial charge in [0.25, 0.3) is 0 Å². The molecule has 42 heavy (non-hydrogen) atoms. The van der Waals surface area contributed by atoms with Gasteiger partial charge in [-0.05, 0) is 72.1 Å². The standard InChI is InChI=1S/C29H47N5O7S/c1-18(2)15-21-20(26(38)41-29(4,5)6)11-10-14-40-28(39)34(7)13-9-8-12-22(32-24(21)36)25(37)30-16-23(35)33-27-31-19(3)17-42-27/h17-18,20-22H,8-16H2,1-7H3,(H,30,37)(H,32,36)(H,31,33,35)/t20-,21+,22-/m0/s1. The van der Waals surface area contributed by atoms with E-state index < -0.39 is 53.3 Å². The first-order chi connectivity index (χ1) is 19.7. The first-order valence-electron chi connectivity index (χ1n) is 14.6. The number of nitrogens with zero attached hydrogens (tertiary/aromatic N) is 2. The first-order valence-corrected chi connectivity index (χ1v) is 15.4. The average molecular weight is 610 g/mol. The van der Waals surface area contributed by atoms with Crippen molar-refractivity contribution in [1.29, 1.82) is 0 Å². The average Bonchev–Trinajstić information content (AvgIpc) is 3.29. The highest BCUT2D eigenvalue weighted by atomic mass is 32.1. The molecule has 0 unspecified atom stereocenters. The molecule has 13 heteroatoms. The van der Waals surface area contributed by atoms with Gasteiger partial charge in [0, 0.05) is 19.0 Å². The number of thiazole rings is 1. The molecule has 1 aromatic heterocycles. The van der Waals surface area contributed by atoms with E-state index in [-0.39, 0.29) is 31.9 Å². The molecule has 2 heterocycles. The van der Waals surface area contributed by atoms with E-state index in [1.807, 2.05) is 20.8 Å². The largest absolute Gasteiger partial charge is 0.460 e. The van der Waals surface area contributed by atoms with Crippen molar-refractivity contribution in [2.45, 2.75) is 91.7 Å². The van der Waals surface area contributed by atoms with Gasteiger partial charge in [-0.15, -0.1) is 11.3 Å². The zero-order valence-corrected chi connectivity index (χ0v) is 26.7. The lowest BCUT2D eigenvalue weighted by Gasteiger charge is -2.30. The number of carbonyl (C=O) groups excluding carboxylic acids is 5. The molecule has 12 nitrogen and oxygen atoms in total. The van der Waals surface area contributed by atoms with Gasteiger partial charge >= 0.3 is 12.1 Å². The first kappa shape index (κ1) is 35.0. The van der Waals surface area contributed by atoms with Crippen molar-refractivity contribution in [3.8, 4) is 0 Å². The Labute approximate surface area is 252 Å². The molecule has 0 saturated carbocycles. The molecule has 0 radical (unpaired) electrons. The number of nitrogens with one attached hydrogen (secondary N) is 3. The van der Waals surface area contributed by atoms with E-state index in [4.69, 9.17) is 9.47 Å². The van der Waals surface area contributed by atoms with Crippen LogP contribution in [0.4, 0.5) is 9.93 Å². The Morgan fingerprint density at radius 1 is 1.19 bits per heavy atom. The number of hydrogen-bond donors (Lipinski definition) is 3. The van der Waals surface area contributed by atoms with Crippen LogP contribution in [0.1, 0.15) is 78.8 Å². The van der Waals surface area contributed by atoms with Crippen molar-refractivity contribution < 1.29 is 33.4 Å². The van der Waals surface area contributed by atoms with E-state index in [1.54, 1.807) is 33.2 Å². The maximum Gasteiger partial charge on any atom is 0.409 e. The van der Waals surface area contributed by atoms with Gasteiger partial charge in [-0.1, -0.05) is 13.8 Å². The van der Waals surface area contributed by atoms with Crippen molar-refractivity contribution in [3.05, 3.63) is 11.1 Å². The topological polar surface area (TPSA) is 156 Å². The summed E-state index contributed by atoms with van der Waals surface area (Å²) < 4.78 is 11.1. The number of carbonyl (C=O) groups is 5. The Morgan fingerprint density at radius 3 is 2.52 bits per heavy atom. The Morgan fingerprint density at radius 2 is 1.90 bits per heavy atom. The van der Waals surface area contributed by atoms with Gasteiger partial charge in [0.1, 0.15) is 11.6 Å². The van der Waals surface area contributed by atoms with Crippen LogP contribution in [-0.4, -0.2) is 78.1 Å². The quantitative estimate of drug-likeness (QED) is 0.396. The van der Waals surface area contributed by atoms with Crippen molar-refractivity contribution >= 4 is 46.3 Å². The molecule has 236 valence electrons. The minimum Gasteiger partial charge on any atom is -0.460 e. The smallest absolute Gasteiger partial charge is 0.409 e. The SMILES string of the molecule is Cc1csc(NC(=O)CNC(=O)[C@@H]2CCCCN(C)C(=O)OCCC[C@H](C(=O)OC(C)(C)C)[C@@H](CC(C)C)C(=O)N2)n1. The summed E-state index contributed by atoms with van der Waals surface area (Å²) in [5.41, 5.74) is 0.0136. The fraction of sp³-hybridized carbons (Fsp3) is 0.724. The van der Waals surface area contributed by atoms with Gasteiger partial charge in [0.2, 0.25) is 17.7 Å². The van der Waals surface area contributed by atoms with Crippen molar-refractivity contribution in [2.24, 2.45) is 17.8 Å². The lowest BCUT2D eigenvalue weighted by atomic mass is 9.81. The molecule has 1 saturated heterocycles. The molecule has 1 aromatic rings. The third-order valence-electron chi connectivity index (χ3n) is 6.61. The summed E-state index contributed by atoms with van der Waals surface area (Å²) in [5, 5.41) is 10.4. The van der Waals surface area contributed by atoms with E-state index in [0.717, 1.165) is 5.69 Å². The summed E-state index contributed by atoms with van der Waals surface area (Å²) in [6.07, 6.45) is 1.92. The van der Waals surface area contributed by atoms with Gasteiger partial charge in [0.05, 0.1) is 30.7 Å². The molecule has 4 amide bonds. The predicted molar refractivity (Wildman–Crippen MR) is 160 cm³/mol. The van der Waals surface area contributed by atoms with Crippen LogP contribution in [-0.2, 0) is 28.7 Å². The summed E-state index contributed by atoms with van der Waals surface area (Å²) in [7, 11) is 1.64. The molecule has 2 rings (SSSR count). The maximum absolute atomic E-state index is 13.8. The predicted octanol–water partition coefficient (Wildman–Crippen LogP) is 3.64. The van der Waals surface area contributed by atoms with Crippen molar-refractivity contribution in [1.82, 2.24) is 20.5 Å². The van der Waals surface area contributed by atoms with Crippen LogP contribution >= 0.6 is 11.3 Å². The van der Waals surface area contributed by atoms with Crippen molar-refractivity contribution in [2.75, 3.05) is 32.1 Å². The van der Waals surface area contributed by atoms with Gasteiger partial charge in [-0.3, -0.25) is 19.2 Å². The van der Waals surface area contributed by atoms with E-state index in [9.17, 15) is 24.0 Å². The lowest BCUT2D eigenvalue weighted by Crippen LogP contribution is -2.51. The molecular formula is C29H47N5O7S. The van der Waals surface area contributed by atoms with Gasteiger partial charge in [-0.2, -0.15) is 0 Å². The fourth-order valence-electron chi connectivity index (χ4n) is 4.60. The Hall–Kier alpha value is -3.22. The highest BCUT2D eigenvalue weighted by Gasteiger charge is 2.38. The Kier molecular flexibility index (Phi) is 13.7. The third-order valence-corrected chi connectivity index (χ3v) is 7.49. The van der Waals surface area contributed by atoms with E-state index in [1.165, 1.54) is 16.2 Å². The molecule has 1 aliphatic heterocycles. The van der Waals surface area contributed by atoms with Crippen LogP contribution in [0.15, 0.2) is 5.38 Å². The van der Waals surface area contributed by atoms with Crippen LogP contribution in [0.2, 0.25) is 0 Å². The molecule has 1 fully saturated rings. The van der Waals surface area contributed by atoms with Crippen LogP contribution in [0.3, 0.4) is 0 Å². The number of cyclic esters (lactones) is 1. The second kappa shape index (κ2) is 16.4. The molecule has 0 aliphatic carbocycles. The van der Waals surface area contributed by atoms with Gasteiger partial charge in [0.15, 0.2) is 5.13 Å². The van der Waals surface area contributed by atoms with Gasteiger partial charge < -0.3 is 30.3 Å². The maximum atomic E-state index is 13.8. The van der Waals surface area contributed by atoms with E-state index >= 15 is 0 Å². The van der Waals surface area contributed by atoms with Crippen molar-refractivity contribution in [3.63, 3.8) is 0 Å². The molecule has 3 N–H and O–H groups in total. The summed E-state index contributed by atoms with van der Waals surface area (Å²) in [4.78, 5) is 70.9. The van der Waals surface area contributed by atoms with Gasteiger partial charge in [-0.25, -0.2) is 9.78 Å². The van der Waals surface area contributed by atoms with Crippen LogP contribution in [0.25, 0.3) is 0 Å². The molecule has 0 aromatic carbocycles. The summed E-state index contributed by atoms with van der Waals surface area (Å²) in [6.45, 7) is 11.2. The monoisotopic (exact) mass is 609 g/mol. The zero-order chi connectivity index (χ0) is 31.4. The number of aromatic nitrogens is 1. The lowest BCUT2D eigenvalue weighted by molar-refractivity contribution is -0.164.